The van der Waals surface area contributed by atoms with E-state index in [4.69, 9.17) is 10.5 Å². The predicted octanol–water partition coefficient (Wildman–Crippen LogP) is 1.76. The van der Waals surface area contributed by atoms with Gasteiger partial charge in [-0.15, -0.1) is 0 Å². The van der Waals surface area contributed by atoms with Crippen LogP contribution in [0.3, 0.4) is 0 Å². The summed E-state index contributed by atoms with van der Waals surface area (Å²) in [4.78, 5) is 11.9. The van der Waals surface area contributed by atoms with Gasteiger partial charge in [-0.1, -0.05) is 0 Å². The van der Waals surface area contributed by atoms with Crippen molar-refractivity contribution >= 4 is 11.6 Å². The van der Waals surface area contributed by atoms with Crippen LogP contribution in [0, 0.1) is 0 Å². The second kappa shape index (κ2) is 4.82. The van der Waals surface area contributed by atoms with E-state index < -0.39 is 23.2 Å². The van der Waals surface area contributed by atoms with E-state index in [1.165, 1.54) is 12.1 Å². The van der Waals surface area contributed by atoms with Crippen molar-refractivity contribution in [3.63, 3.8) is 0 Å². The summed E-state index contributed by atoms with van der Waals surface area (Å²) in [5.41, 5.74) is 4.23. The van der Waals surface area contributed by atoms with Crippen molar-refractivity contribution in [2.75, 3.05) is 18.5 Å². The van der Waals surface area contributed by atoms with Crippen molar-refractivity contribution in [1.29, 1.82) is 0 Å². The maximum absolute atomic E-state index is 12.4. The molecule has 1 fully saturated rings. The third-order valence-electron chi connectivity index (χ3n) is 2.97. The van der Waals surface area contributed by atoms with Gasteiger partial charge in [0.25, 0.3) is 0 Å². The Hall–Kier alpha value is -1.60. The fourth-order valence-corrected chi connectivity index (χ4v) is 1.76. The summed E-state index contributed by atoms with van der Waals surface area (Å²) in [6, 6.07) is 4.20. The van der Waals surface area contributed by atoms with Gasteiger partial charge in [0.15, 0.2) is 0 Å². The van der Waals surface area contributed by atoms with Gasteiger partial charge in [0, 0.05) is 12.3 Å². The van der Waals surface area contributed by atoms with E-state index >= 15 is 0 Å². The number of rotatable bonds is 2. The third-order valence-corrected chi connectivity index (χ3v) is 2.97. The van der Waals surface area contributed by atoms with E-state index in [1.807, 2.05) is 0 Å². The number of hydrogen-bond acceptors (Lipinski definition) is 3. The number of halogens is 3. The van der Waals surface area contributed by atoms with E-state index in [2.05, 4.69) is 5.32 Å². The van der Waals surface area contributed by atoms with E-state index in [1.54, 1.807) is 0 Å². The standard InChI is InChI=1S/C12H13F3N2O2/c13-12(14,15)8-1-3-9(4-2-8)17-10(18)11(16)5-6-19-7-11/h1-4H,5-7,16H2,(H,17,18). The van der Waals surface area contributed by atoms with Crippen molar-refractivity contribution in [2.24, 2.45) is 5.73 Å². The Balaban J connectivity index is 2.06. The number of ether oxygens (including phenoxy) is 1. The minimum absolute atomic E-state index is 0.111. The molecule has 4 nitrogen and oxygen atoms in total. The van der Waals surface area contributed by atoms with Crippen LogP contribution in [-0.4, -0.2) is 24.7 Å². The Labute approximate surface area is 107 Å². The first kappa shape index (κ1) is 13.8. The van der Waals surface area contributed by atoms with Crippen LogP contribution >= 0.6 is 0 Å². The number of carbonyl (C=O) groups is 1. The Bertz CT molecular complexity index is 465. The quantitative estimate of drug-likeness (QED) is 0.863. The molecular formula is C12H13F3N2O2. The molecule has 7 heteroatoms. The van der Waals surface area contributed by atoms with E-state index in [0.29, 0.717) is 13.0 Å². The van der Waals surface area contributed by atoms with Crippen molar-refractivity contribution in [3.8, 4) is 0 Å². The molecule has 1 amide bonds. The van der Waals surface area contributed by atoms with Gasteiger partial charge in [0.05, 0.1) is 12.2 Å². The Morgan fingerprint density at radius 3 is 2.42 bits per heavy atom. The molecule has 0 bridgehead atoms. The molecule has 1 heterocycles. The van der Waals surface area contributed by atoms with Crippen LogP contribution in [0.1, 0.15) is 12.0 Å². The summed E-state index contributed by atoms with van der Waals surface area (Å²) in [6.45, 7) is 0.510. The molecule has 3 N–H and O–H groups in total. The molecule has 1 unspecified atom stereocenters. The number of amides is 1. The molecule has 1 aromatic rings. The molecule has 19 heavy (non-hydrogen) atoms. The highest BCUT2D eigenvalue weighted by Crippen LogP contribution is 2.30. The number of nitrogens with two attached hydrogens (primary N) is 1. The lowest BCUT2D eigenvalue weighted by Gasteiger charge is -2.20. The fraction of sp³-hybridized carbons (Fsp3) is 0.417. The second-order valence-corrected chi connectivity index (χ2v) is 4.49. The lowest BCUT2D eigenvalue weighted by molar-refractivity contribution is -0.137. The summed E-state index contributed by atoms with van der Waals surface area (Å²) >= 11 is 0. The first-order valence-electron chi connectivity index (χ1n) is 5.67. The highest BCUT2D eigenvalue weighted by molar-refractivity contribution is 5.98. The number of anilines is 1. The van der Waals surface area contributed by atoms with Crippen molar-refractivity contribution in [1.82, 2.24) is 0 Å². The van der Waals surface area contributed by atoms with Crippen LogP contribution in [0.15, 0.2) is 24.3 Å². The van der Waals surface area contributed by atoms with Gasteiger partial charge in [-0.2, -0.15) is 13.2 Å². The molecule has 0 aliphatic carbocycles. The number of nitrogens with one attached hydrogen (secondary N) is 1. The van der Waals surface area contributed by atoms with E-state index in [0.717, 1.165) is 12.1 Å². The fourth-order valence-electron chi connectivity index (χ4n) is 1.76. The average Bonchev–Trinajstić information content (AvgIpc) is 2.77. The molecule has 0 spiro atoms. The molecule has 0 radical (unpaired) electrons. The van der Waals surface area contributed by atoms with Gasteiger partial charge in [-0.25, -0.2) is 0 Å². The minimum atomic E-state index is -4.39. The van der Waals surface area contributed by atoms with Gasteiger partial charge >= 0.3 is 6.18 Å². The number of benzene rings is 1. The van der Waals surface area contributed by atoms with Gasteiger partial charge in [-0.3, -0.25) is 4.79 Å². The predicted molar refractivity (Wildman–Crippen MR) is 62.4 cm³/mol. The van der Waals surface area contributed by atoms with Gasteiger partial charge in [-0.05, 0) is 30.7 Å². The summed E-state index contributed by atoms with van der Waals surface area (Å²) in [5, 5.41) is 2.49. The summed E-state index contributed by atoms with van der Waals surface area (Å²) in [5.74, 6) is -0.454. The molecule has 0 saturated carbocycles. The average molecular weight is 274 g/mol. The Morgan fingerprint density at radius 1 is 1.32 bits per heavy atom. The van der Waals surface area contributed by atoms with Crippen molar-refractivity contribution < 1.29 is 22.7 Å². The van der Waals surface area contributed by atoms with Crippen molar-refractivity contribution in [3.05, 3.63) is 29.8 Å². The molecule has 1 atom stereocenters. The zero-order chi connectivity index (χ0) is 14.1. The minimum Gasteiger partial charge on any atom is -0.379 e. The molecule has 1 aromatic carbocycles. The van der Waals surface area contributed by atoms with Gasteiger partial charge in [0.2, 0.25) is 5.91 Å². The van der Waals surface area contributed by atoms with Crippen LogP contribution < -0.4 is 11.1 Å². The lowest BCUT2D eigenvalue weighted by Crippen LogP contribution is -2.51. The van der Waals surface area contributed by atoms with E-state index in [-0.39, 0.29) is 12.3 Å². The van der Waals surface area contributed by atoms with Gasteiger partial charge < -0.3 is 15.8 Å². The molecule has 1 aliphatic heterocycles. The van der Waals surface area contributed by atoms with Crippen LogP contribution in [0.5, 0.6) is 0 Å². The third kappa shape index (κ3) is 3.05. The molecule has 1 aliphatic rings. The Morgan fingerprint density at radius 2 is 1.95 bits per heavy atom. The first-order valence-corrected chi connectivity index (χ1v) is 5.67. The SMILES string of the molecule is NC1(C(=O)Nc2ccc(C(F)(F)F)cc2)CCOC1. The monoisotopic (exact) mass is 274 g/mol. The number of carbonyl (C=O) groups excluding carboxylic acids is 1. The Kier molecular flexibility index (Phi) is 3.51. The second-order valence-electron chi connectivity index (χ2n) is 4.49. The number of alkyl halides is 3. The van der Waals surface area contributed by atoms with Gasteiger partial charge in [0.1, 0.15) is 5.54 Å². The molecule has 0 aromatic heterocycles. The molecule has 104 valence electrons. The van der Waals surface area contributed by atoms with Crippen LogP contribution in [0.25, 0.3) is 0 Å². The summed E-state index contributed by atoms with van der Waals surface area (Å²) in [7, 11) is 0. The largest absolute Gasteiger partial charge is 0.416 e. The summed E-state index contributed by atoms with van der Waals surface area (Å²) in [6.07, 6.45) is -4.00. The number of hydrogen-bond donors (Lipinski definition) is 2. The molecule has 2 rings (SSSR count). The maximum atomic E-state index is 12.4. The normalized spacial score (nSPS) is 23.4. The molecule has 1 saturated heterocycles. The molecular weight excluding hydrogens is 261 g/mol. The first-order chi connectivity index (χ1) is 8.81. The van der Waals surface area contributed by atoms with E-state index in [9.17, 15) is 18.0 Å². The van der Waals surface area contributed by atoms with Crippen molar-refractivity contribution in [2.45, 2.75) is 18.1 Å². The van der Waals surface area contributed by atoms with Crippen LogP contribution in [0.2, 0.25) is 0 Å². The maximum Gasteiger partial charge on any atom is 0.416 e. The topological polar surface area (TPSA) is 64.4 Å². The summed E-state index contributed by atoms with van der Waals surface area (Å²) < 4.78 is 42.1. The van der Waals surface area contributed by atoms with Crippen LogP contribution in [0.4, 0.5) is 18.9 Å². The lowest BCUT2D eigenvalue weighted by atomic mass is 9.99. The van der Waals surface area contributed by atoms with Crippen LogP contribution in [-0.2, 0) is 15.7 Å². The smallest absolute Gasteiger partial charge is 0.379 e. The highest BCUT2D eigenvalue weighted by atomic mass is 19.4. The highest BCUT2D eigenvalue weighted by Gasteiger charge is 2.38. The zero-order valence-corrected chi connectivity index (χ0v) is 9.96. The zero-order valence-electron chi connectivity index (χ0n) is 9.96.